The van der Waals surface area contributed by atoms with E-state index >= 15 is 0 Å². The number of carbonyl (C=O) groups excluding carboxylic acids is 1. The van der Waals surface area contributed by atoms with Crippen LogP contribution in [-0.2, 0) is 9.59 Å². The van der Waals surface area contributed by atoms with Gasteiger partial charge >= 0.3 is 12.0 Å². The number of carbonyl (C=O) groups is 2. The zero-order chi connectivity index (χ0) is 15.2. The second kappa shape index (κ2) is 6.33. The van der Waals surface area contributed by atoms with E-state index in [1.54, 1.807) is 31.4 Å². The van der Waals surface area contributed by atoms with Crippen molar-refractivity contribution < 1.29 is 23.8 Å². The Morgan fingerprint density at radius 2 is 1.95 bits per heavy atom. The predicted molar refractivity (Wildman–Crippen MR) is 71.7 cm³/mol. The van der Waals surface area contributed by atoms with E-state index in [2.05, 4.69) is 15.5 Å². The molecule has 0 bridgehead atoms. The van der Waals surface area contributed by atoms with Crippen LogP contribution in [0, 0.1) is 0 Å². The van der Waals surface area contributed by atoms with Crippen molar-refractivity contribution in [2.75, 3.05) is 12.4 Å². The van der Waals surface area contributed by atoms with E-state index in [9.17, 15) is 9.59 Å². The Hall–Kier alpha value is -3.16. The van der Waals surface area contributed by atoms with Gasteiger partial charge in [0.1, 0.15) is 5.75 Å². The van der Waals surface area contributed by atoms with Crippen molar-refractivity contribution in [3.05, 3.63) is 36.4 Å². The molecule has 0 aliphatic carbocycles. The topological polar surface area (TPSA) is 115 Å². The Bertz CT molecular complexity index is 675. The van der Waals surface area contributed by atoms with E-state index in [0.29, 0.717) is 17.4 Å². The van der Waals surface area contributed by atoms with Gasteiger partial charge in [-0.1, -0.05) is 5.10 Å². The highest BCUT2D eigenvalue weighted by atomic mass is 16.5. The van der Waals surface area contributed by atoms with Gasteiger partial charge in [0.25, 0.3) is 5.91 Å². The van der Waals surface area contributed by atoms with Gasteiger partial charge in [0, 0.05) is 17.7 Å². The van der Waals surface area contributed by atoms with Gasteiger partial charge in [-0.15, -0.1) is 5.10 Å². The lowest BCUT2D eigenvalue weighted by atomic mass is 10.2. The molecule has 8 nitrogen and oxygen atoms in total. The van der Waals surface area contributed by atoms with Crippen LogP contribution in [0.1, 0.15) is 0 Å². The summed E-state index contributed by atoms with van der Waals surface area (Å²) in [5.41, 5.74) is 0.657. The summed E-state index contributed by atoms with van der Waals surface area (Å²) in [6.45, 7) is 0. The maximum absolute atomic E-state index is 11.3. The lowest BCUT2D eigenvalue weighted by Gasteiger charge is -1.99. The number of aromatic nitrogens is 2. The van der Waals surface area contributed by atoms with Crippen molar-refractivity contribution in [2.45, 2.75) is 0 Å². The van der Waals surface area contributed by atoms with E-state index in [-0.39, 0.29) is 11.9 Å². The first-order chi connectivity index (χ1) is 10.1. The summed E-state index contributed by atoms with van der Waals surface area (Å²) in [4.78, 5) is 21.6. The summed E-state index contributed by atoms with van der Waals surface area (Å²) in [6.07, 6.45) is 1.55. The van der Waals surface area contributed by atoms with Gasteiger partial charge < -0.3 is 14.3 Å². The van der Waals surface area contributed by atoms with Crippen LogP contribution in [-0.4, -0.2) is 34.3 Å². The van der Waals surface area contributed by atoms with Crippen LogP contribution in [0.4, 0.5) is 6.01 Å². The maximum Gasteiger partial charge on any atom is 0.328 e. The number of nitrogens with one attached hydrogen (secondary N) is 1. The van der Waals surface area contributed by atoms with Crippen molar-refractivity contribution in [2.24, 2.45) is 0 Å². The third-order valence-corrected chi connectivity index (χ3v) is 2.37. The van der Waals surface area contributed by atoms with E-state index in [1.807, 2.05) is 0 Å². The molecule has 0 radical (unpaired) electrons. The number of methoxy groups -OCH3 is 1. The normalized spacial score (nSPS) is 10.5. The van der Waals surface area contributed by atoms with Crippen LogP contribution in [0.2, 0.25) is 0 Å². The van der Waals surface area contributed by atoms with Crippen molar-refractivity contribution >= 4 is 17.9 Å². The Morgan fingerprint density at radius 1 is 1.24 bits per heavy atom. The molecule has 0 saturated heterocycles. The molecule has 108 valence electrons. The monoisotopic (exact) mass is 289 g/mol. The van der Waals surface area contributed by atoms with Crippen molar-refractivity contribution in [3.8, 4) is 17.2 Å². The number of hydrogen-bond acceptors (Lipinski definition) is 6. The van der Waals surface area contributed by atoms with Gasteiger partial charge in [-0.2, -0.15) is 0 Å². The smallest absolute Gasteiger partial charge is 0.328 e. The largest absolute Gasteiger partial charge is 0.497 e. The third kappa shape index (κ3) is 3.90. The quantitative estimate of drug-likeness (QED) is 0.798. The molecule has 1 aromatic heterocycles. The van der Waals surface area contributed by atoms with Gasteiger partial charge in [0.05, 0.1) is 7.11 Å². The molecule has 0 unspecified atom stereocenters. The Balaban J connectivity index is 2.07. The lowest BCUT2D eigenvalue weighted by Crippen LogP contribution is -2.08. The van der Waals surface area contributed by atoms with Gasteiger partial charge in [-0.05, 0) is 24.3 Å². The summed E-state index contributed by atoms with van der Waals surface area (Å²) in [6, 6.07) is 6.78. The number of anilines is 1. The van der Waals surface area contributed by atoms with Crippen LogP contribution in [0.5, 0.6) is 5.75 Å². The fourth-order valence-corrected chi connectivity index (χ4v) is 1.42. The molecule has 8 heteroatoms. The van der Waals surface area contributed by atoms with Crippen molar-refractivity contribution in [3.63, 3.8) is 0 Å². The highest BCUT2D eigenvalue weighted by Crippen LogP contribution is 2.22. The summed E-state index contributed by atoms with van der Waals surface area (Å²) in [5, 5.41) is 18.1. The average molecular weight is 289 g/mol. The molecule has 0 aliphatic heterocycles. The van der Waals surface area contributed by atoms with Gasteiger partial charge in [-0.3, -0.25) is 10.1 Å². The molecule has 1 amide bonds. The minimum Gasteiger partial charge on any atom is -0.497 e. The summed E-state index contributed by atoms with van der Waals surface area (Å²) in [5.74, 6) is -1.00. The molecule has 2 rings (SSSR count). The molecule has 0 fully saturated rings. The first-order valence-corrected chi connectivity index (χ1v) is 5.78. The number of ether oxygens (including phenoxy) is 1. The minimum atomic E-state index is -1.23. The highest BCUT2D eigenvalue weighted by Gasteiger charge is 2.10. The summed E-state index contributed by atoms with van der Waals surface area (Å²) in [7, 11) is 1.56. The highest BCUT2D eigenvalue weighted by molar-refractivity contribution is 6.01. The second-order valence-corrected chi connectivity index (χ2v) is 3.80. The Morgan fingerprint density at radius 3 is 2.57 bits per heavy atom. The average Bonchev–Trinajstić information content (AvgIpc) is 2.93. The molecule has 0 spiro atoms. The number of benzene rings is 1. The van der Waals surface area contributed by atoms with E-state index in [4.69, 9.17) is 14.3 Å². The van der Waals surface area contributed by atoms with Gasteiger partial charge in [0.15, 0.2) is 0 Å². The van der Waals surface area contributed by atoms with Crippen LogP contribution in [0.15, 0.2) is 40.8 Å². The molecule has 0 saturated carbocycles. The molecule has 0 aliphatic rings. The number of carboxylic acid groups (broad SMARTS) is 1. The number of rotatable bonds is 5. The molecule has 2 N–H and O–H groups in total. The number of hydrogen-bond donors (Lipinski definition) is 2. The fourth-order valence-electron chi connectivity index (χ4n) is 1.42. The molecule has 1 aromatic carbocycles. The zero-order valence-electron chi connectivity index (χ0n) is 10.9. The molecular weight excluding hydrogens is 278 g/mol. The predicted octanol–water partition coefficient (Wildman–Crippen LogP) is 1.32. The number of amides is 1. The summed E-state index contributed by atoms with van der Waals surface area (Å²) >= 11 is 0. The van der Waals surface area contributed by atoms with Crippen LogP contribution >= 0.6 is 0 Å². The maximum atomic E-state index is 11.3. The fraction of sp³-hybridized carbons (Fsp3) is 0.0769. The minimum absolute atomic E-state index is 0.124. The lowest BCUT2D eigenvalue weighted by molar-refractivity contribution is -0.131. The molecule has 1 heterocycles. The molecule has 21 heavy (non-hydrogen) atoms. The number of carboxylic acids is 1. The van der Waals surface area contributed by atoms with E-state index < -0.39 is 11.9 Å². The van der Waals surface area contributed by atoms with Crippen LogP contribution in [0.25, 0.3) is 11.5 Å². The van der Waals surface area contributed by atoms with E-state index in [1.165, 1.54) is 0 Å². The summed E-state index contributed by atoms with van der Waals surface area (Å²) < 4.78 is 10.3. The second-order valence-electron chi connectivity index (χ2n) is 3.80. The Labute approximate surface area is 119 Å². The molecule has 0 atom stereocenters. The van der Waals surface area contributed by atoms with Crippen LogP contribution in [0.3, 0.4) is 0 Å². The standard InChI is InChI=1S/C13H11N3O5/c1-20-9-4-2-8(3-5-9)12-15-16-13(21-12)14-10(17)6-7-11(18)19/h2-7H,1H3,(H,18,19)(H,14,16,17)/b7-6-. The molecule has 2 aromatic rings. The van der Waals surface area contributed by atoms with Crippen molar-refractivity contribution in [1.29, 1.82) is 0 Å². The SMILES string of the molecule is COc1ccc(-c2nnc(NC(=O)/C=C\C(=O)O)o2)cc1. The van der Waals surface area contributed by atoms with Gasteiger partial charge in [-0.25, -0.2) is 4.79 Å². The number of nitrogens with zero attached hydrogens (tertiary/aromatic N) is 2. The first kappa shape index (κ1) is 14.3. The van der Waals surface area contributed by atoms with Gasteiger partial charge in [0.2, 0.25) is 5.89 Å². The van der Waals surface area contributed by atoms with Crippen molar-refractivity contribution in [1.82, 2.24) is 10.2 Å². The first-order valence-electron chi connectivity index (χ1n) is 5.78. The molecular formula is C13H11N3O5. The van der Waals surface area contributed by atoms with Crippen LogP contribution < -0.4 is 10.1 Å². The van der Waals surface area contributed by atoms with E-state index in [0.717, 1.165) is 6.08 Å². The number of aliphatic carboxylic acids is 1. The Kier molecular flexibility index (Phi) is 4.30. The zero-order valence-corrected chi connectivity index (χ0v) is 10.9. The third-order valence-electron chi connectivity index (χ3n) is 2.37.